The molecular weight excluding hydrogens is 329 g/mol. The first-order valence-corrected chi connectivity index (χ1v) is 8.03. The van der Waals surface area contributed by atoms with E-state index >= 15 is 0 Å². The number of nitriles is 1. The number of fused-ring (bicyclic) bond motifs is 1. The van der Waals surface area contributed by atoms with Crippen LogP contribution in [0.2, 0.25) is 0 Å². The summed E-state index contributed by atoms with van der Waals surface area (Å²) in [5.41, 5.74) is 9.97. The number of aromatic nitrogens is 3. The van der Waals surface area contributed by atoms with Crippen LogP contribution in [-0.2, 0) is 6.42 Å². The number of nitrogens with two attached hydrogens (primary N) is 1. The average molecular weight is 343 g/mol. The van der Waals surface area contributed by atoms with Crippen molar-refractivity contribution >= 4 is 11.3 Å². The number of rotatable bonds is 3. The van der Waals surface area contributed by atoms with Crippen molar-refractivity contribution in [2.24, 2.45) is 0 Å². The van der Waals surface area contributed by atoms with Crippen molar-refractivity contribution < 1.29 is 4.39 Å². The fraction of sp³-hybridized carbons (Fsp3) is 0.0500. The molecule has 2 aromatic carbocycles. The van der Waals surface area contributed by atoms with Gasteiger partial charge >= 0.3 is 0 Å². The first kappa shape index (κ1) is 15.8. The van der Waals surface area contributed by atoms with E-state index in [9.17, 15) is 4.39 Å². The van der Waals surface area contributed by atoms with Gasteiger partial charge in [0.15, 0.2) is 0 Å². The number of benzene rings is 2. The molecule has 2 N–H and O–H groups in total. The summed E-state index contributed by atoms with van der Waals surface area (Å²) >= 11 is 0. The smallest absolute Gasteiger partial charge is 0.150 e. The van der Waals surface area contributed by atoms with Gasteiger partial charge in [-0.2, -0.15) is 10.4 Å². The van der Waals surface area contributed by atoms with Gasteiger partial charge in [-0.05, 0) is 29.8 Å². The topological polar surface area (TPSA) is 80.0 Å². The Morgan fingerprint density at radius 1 is 1.12 bits per heavy atom. The van der Waals surface area contributed by atoms with Crippen molar-refractivity contribution in [3.8, 4) is 17.3 Å². The zero-order valence-electron chi connectivity index (χ0n) is 13.7. The molecule has 5 nitrogen and oxygen atoms in total. The van der Waals surface area contributed by atoms with Crippen molar-refractivity contribution in [1.82, 2.24) is 14.6 Å². The molecule has 0 aliphatic rings. The minimum absolute atomic E-state index is 0.260. The second-order valence-corrected chi connectivity index (χ2v) is 5.94. The molecule has 2 heterocycles. The molecule has 126 valence electrons. The summed E-state index contributed by atoms with van der Waals surface area (Å²) in [6, 6.07) is 17.7. The number of nitrogen functional groups attached to an aromatic ring is 1. The number of hydrogen-bond donors (Lipinski definition) is 1. The van der Waals surface area contributed by atoms with Gasteiger partial charge in [0.25, 0.3) is 0 Å². The van der Waals surface area contributed by atoms with Crippen LogP contribution in [-0.4, -0.2) is 14.6 Å². The van der Waals surface area contributed by atoms with Crippen molar-refractivity contribution in [2.45, 2.75) is 6.42 Å². The lowest BCUT2D eigenvalue weighted by molar-refractivity contribution is 0.613. The Bertz CT molecular complexity index is 1160. The molecule has 0 bridgehead atoms. The molecule has 2 aromatic heterocycles. The molecule has 26 heavy (non-hydrogen) atoms. The van der Waals surface area contributed by atoms with E-state index in [1.807, 2.05) is 12.1 Å². The maximum Gasteiger partial charge on any atom is 0.150 e. The van der Waals surface area contributed by atoms with Crippen LogP contribution >= 0.6 is 0 Å². The molecule has 0 amide bonds. The zero-order valence-corrected chi connectivity index (χ0v) is 13.7. The molecule has 0 unspecified atom stereocenters. The highest BCUT2D eigenvalue weighted by molar-refractivity contribution is 5.71. The molecule has 4 aromatic rings. The minimum Gasteiger partial charge on any atom is -0.382 e. The highest BCUT2D eigenvalue weighted by Crippen LogP contribution is 2.23. The standard InChI is InChI=1S/C20H14FN5/c21-17-7-2-1-5-14(17)9-16-10-19-20(23)24-18(12-26(19)25-16)15-6-3-4-13(8-15)11-22/h1-8,10,12H,9H2,(H2,23,24). The molecule has 0 atom stereocenters. The Balaban J connectivity index is 1.76. The van der Waals surface area contributed by atoms with Crippen LogP contribution in [0.1, 0.15) is 16.8 Å². The largest absolute Gasteiger partial charge is 0.382 e. The lowest BCUT2D eigenvalue weighted by Crippen LogP contribution is -1.99. The van der Waals surface area contributed by atoms with E-state index in [4.69, 9.17) is 11.0 Å². The molecule has 0 radical (unpaired) electrons. The molecule has 0 fully saturated rings. The molecule has 6 heteroatoms. The lowest BCUT2D eigenvalue weighted by atomic mass is 10.1. The average Bonchev–Trinajstić information content (AvgIpc) is 3.07. The van der Waals surface area contributed by atoms with Gasteiger partial charge in [-0.15, -0.1) is 0 Å². The van der Waals surface area contributed by atoms with Gasteiger partial charge in [-0.3, -0.25) is 0 Å². The molecule has 0 saturated heterocycles. The second kappa shape index (κ2) is 6.30. The van der Waals surface area contributed by atoms with Crippen LogP contribution in [0.3, 0.4) is 0 Å². The highest BCUT2D eigenvalue weighted by Gasteiger charge is 2.11. The third kappa shape index (κ3) is 2.87. The van der Waals surface area contributed by atoms with Crippen LogP contribution in [0.15, 0.2) is 60.8 Å². The van der Waals surface area contributed by atoms with Crippen molar-refractivity contribution in [3.63, 3.8) is 0 Å². The summed E-state index contributed by atoms with van der Waals surface area (Å²) in [4.78, 5) is 4.42. The van der Waals surface area contributed by atoms with Crippen LogP contribution in [0.5, 0.6) is 0 Å². The Labute approximate surface area is 149 Å². The van der Waals surface area contributed by atoms with Gasteiger partial charge in [0.1, 0.15) is 17.2 Å². The van der Waals surface area contributed by atoms with E-state index in [1.165, 1.54) is 6.07 Å². The van der Waals surface area contributed by atoms with Gasteiger partial charge in [-0.1, -0.05) is 30.3 Å². The predicted octanol–water partition coefficient (Wildman–Crippen LogP) is 3.58. The summed E-state index contributed by atoms with van der Waals surface area (Å²) in [5, 5.41) is 13.6. The number of hydrogen-bond acceptors (Lipinski definition) is 4. The Kier molecular flexibility index (Phi) is 3.82. The van der Waals surface area contributed by atoms with Gasteiger partial charge < -0.3 is 5.73 Å². The normalized spacial score (nSPS) is 10.8. The highest BCUT2D eigenvalue weighted by atomic mass is 19.1. The summed E-state index contributed by atoms with van der Waals surface area (Å²) in [5.74, 6) is 0.0711. The third-order valence-corrected chi connectivity index (χ3v) is 4.15. The van der Waals surface area contributed by atoms with Crippen LogP contribution in [0.25, 0.3) is 16.8 Å². The molecular formula is C20H14FN5. The quantitative estimate of drug-likeness (QED) is 0.616. The second-order valence-electron chi connectivity index (χ2n) is 5.94. The van der Waals surface area contributed by atoms with Gasteiger partial charge in [-0.25, -0.2) is 13.9 Å². The fourth-order valence-corrected chi connectivity index (χ4v) is 2.88. The monoisotopic (exact) mass is 343 g/mol. The van der Waals surface area contributed by atoms with Crippen molar-refractivity contribution in [1.29, 1.82) is 5.26 Å². The van der Waals surface area contributed by atoms with Gasteiger partial charge in [0.2, 0.25) is 0 Å². The van der Waals surface area contributed by atoms with Gasteiger partial charge in [0, 0.05) is 12.0 Å². The van der Waals surface area contributed by atoms with Gasteiger partial charge in [0.05, 0.1) is 29.2 Å². The minimum atomic E-state index is -0.260. The Morgan fingerprint density at radius 3 is 2.77 bits per heavy atom. The number of anilines is 1. The molecule has 4 rings (SSSR count). The van der Waals surface area contributed by atoms with Crippen LogP contribution in [0.4, 0.5) is 10.2 Å². The predicted molar refractivity (Wildman–Crippen MR) is 96.8 cm³/mol. The number of halogens is 1. The fourth-order valence-electron chi connectivity index (χ4n) is 2.88. The first-order valence-electron chi connectivity index (χ1n) is 8.03. The summed E-state index contributed by atoms with van der Waals surface area (Å²) in [7, 11) is 0. The van der Waals surface area contributed by atoms with Crippen LogP contribution < -0.4 is 5.73 Å². The van der Waals surface area contributed by atoms with E-state index in [1.54, 1.807) is 47.1 Å². The van der Waals surface area contributed by atoms with E-state index in [-0.39, 0.29) is 5.82 Å². The maximum absolute atomic E-state index is 13.9. The first-order chi connectivity index (χ1) is 12.6. The number of nitrogens with zero attached hydrogens (tertiary/aromatic N) is 4. The third-order valence-electron chi connectivity index (χ3n) is 4.15. The zero-order chi connectivity index (χ0) is 18.1. The summed E-state index contributed by atoms with van der Waals surface area (Å²) < 4.78 is 15.5. The maximum atomic E-state index is 13.9. The SMILES string of the molecule is N#Cc1cccc(-c2cn3nc(Cc4ccccc4F)cc3c(N)n2)c1. The van der Waals surface area contributed by atoms with E-state index in [0.717, 1.165) is 5.56 Å². The lowest BCUT2D eigenvalue weighted by Gasteiger charge is -2.04. The van der Waals surface area contributed by atoms with E-state index in [0.29, 0.717) is 40.3 Å². The van der Waals surface area contributed by atoms with E-state index in [2.05, 4.69) is 16.2 Å². The Hall–Kier alpha value is -3.72. The Morgan fingerprint density at radius 2 is 1.96 bits per heavy atom. The molecule has 0 aliphatic heterocycles. The molecule has 0 spiro atoms. The van der Waals surface area contributed by atoms with Crippen LogP contribution in [0, 0.1) is 17.1 Å². The molecule has 0 saturated carbocycles. The van der Waals surface area contributed by atoms with Crippen molar-refractivity contribution in [2.75, 3.05) is 5.73 Å². The summed E-state index contributed by atoms with van der Waals surface area (Å²) in [6.07, 6.45) is 2.13. The van der Waals surface area contributed by atoms with E-state index < -0.39 is 0 Å². The van der Waals surface area contributed by atoms with Crippen molar-refractivity contribution in [3.05, 3.63) is 83.4 Å². The molecule has 0 aliphatic carbocycles. The summed E-state index contributed by atoms with van der Waals surface area (Å²) in [6.45, 7) is 0.